The molecular formula is C44H46N4O3. The number of pyridine rings is 2. The molecule has 0 aliphatic carbocycles. The van der Waals surface area contributed by atoms with Gasteiger partial charge < -0.3 is 5.32 Å². The average molecular weight is 679 g/mol. The highest BCUT2D eigenvalue weighted by Crippen LogP contribution is 2.19. The van der Waals surface area contributed by atoms with Gasteiger partial charge in [0, 0.05) is 55.2 Å². The van der Waals surface area contributed by atoms with Crippen molar-refractivity contribution in [3.8, 4) is 11.4 Å². The van der Waals surface area contributed by atoms with Crippen molar-refractivity contribution in [1.29, 1.82) is 0 Å². The SMILES string of the molecule is C/C=C\C(=O)/C=C\C.CCc1cc2ccccc2n(-c2ccccc2)c1=O.O=c1c(CN2CCNCC2)cc2ccccc2n1-c1ccccc1. The minimum atomic E-state index is 0.0509. The van der Waals surface area contributed by atoms with Crippen molar-refractivity contribution in [3.63, 3.8) is 0 Å². The van der Waals surface area contributed by atoms with Gasteiger partial charge in [0.05, 0.1) is 11.0 Å². The van der Waals surface area contributed by atoms with E-state index in [-0.39, 0.29) is 16.9 Å². The molecule has 0 amide bonds. The number of carbonyl (C=O) groups excluding carboxylic acids is 1. The Hall–Kier alpha value is -5.63. The summed E-state index contributed by atoms with van der Waals surface area (Å²) in [5.74, 6) is 0.0509. The van der Waals surface area contributed by atoms with E-state index in [0.29, 0.717) is 6.54 Å². The average Bonchev–Trinajstić information content (AvgIpc) is 3.17. The van der Waals surface area contributed by atoms with Crippen LogP contribution in [0.3, 0.4) is 0 Å². The molecule has 0 atom stereocenters. The number of rotatable bonds is 7. The van der Waals surface area contributed by atoms with Gasteiger partial charge in [-0.2, -0.15) is 0 Å². The molecule has 7 heteroatoms. The van der Waals surface area contributed by atoms with Crippen LogP contribution in [0.15, 0.2) is 155 Å². The molecule has 1 N–H and O–H groups in total. The molecule has 2 aromatic heterocycles. The molecule has 1 fully saturated rings. The number of benzene rings is 4. The highest BCUT2D eigenvalue weighted by atomic mass is 16.1. The number of aromatic nitrogens is 2. The van der Waals surface area contributed by atoms with E-state index >= 15 is 0 Å². The lowest BCUT2D eigenvalue weighted by atomic mass is 10.1. The monoisotopic (exact) mass is 678 g/mol. The van der Waals surface area contributed by atoms with E-state index in [2.05, 4.69) is 22.3 Å². The maximum absolute atomic E-state index is 13.2. The van der Waals surface area contributed by atoms with Crippen LogP contribution in [-0.4, -0.2) is 46.0 Å². The summed E-state index contributed by atoms with van der Waals surface area (Å²) < 4.78 is 3.64. The van der Waals surface area contributed by atoms with Crippen molar-refractivity contribution >= 4 is 27.6 Å². The zero-order chi connectivity index (χ0) is 36.0. The van der Waals surface area contributed by atoms with Gasteiger partial charge in [0.25, 0.3) is 11.1 Å². The zero-order valence-electron chi connectivity index (χ0n) is 29.7. The number of hydrogen-bond acceptors (Lipinski definition) is 5. The Labute approximate surface area is 299 Å². The second kappa shape index (κ2) is 18.4. The van der Waals surface area contributed by atoms with Gasteiger partial charge >= 0.3 is 0 Å². The molecule has 3 heterocycles. The van der Waals surface area contributed by atoms with E-state index < -0.39 is 0 Å². The summed E-state index contributed by atoms with van der Waals surface area (Å²) >= 11 is 0. The maximum atomic E-state index is 13.2. The van der Waals surface area contributed by atoms with Gasteiger partial charge in [-0.15, -0.1) is 0 Å². The summed E-state index contributed by atoms with van der Waals surface area (Å²) in [4.78, 5) is 38.6. The summed E-state index contributed by atoms with van der Waals surface area (Å²) in [5.41, 5.74) is 5.61. The number of ketones is 1. The summed E-state index contributed by atoms with van der Waals surface area (Å²) in [5, 5.41) is 5.56. The Kier molecular flexibility index (Phi) is 13.2. The van der Waals surface area contributed by atoms with Gasteiger partial charge in [0.1, 0.15) is 0 Å². The number of nitrogens with one attached hydrogen (secondary N) is 1. The van der Waals surface area contributed by atoms with E-state index in [1.165, 1.54) is 12.2 Å². The van der Waals surface area contributed by atoms with E-state index in [1.807, 2.05) is 135 Å². The van der Waals surface area contributed by atoms with Crippen molar-refractivity contribution in [3.05, 3.63) is 177 Å². The third kappa shape index (κ3) is 9.34. The second-order valence-electron chi connectivity index (χ2n) is 12.2. The molecule has 0 radical (unpaired) electrons. The topological polar surface area (TPSA) is 76.3 Å². The highest BCUT2D eigenvalue weighted by molar-refractivity contribution is 5.98. The van der Waals surface area contributed by atoms with Crippen LogP contribution in [0.2, 0.25) is 0 Å². The minimum absolute atomic E-state index is 0.0509. The third-order valence-corrected chi connectivity index (χ3v) is 8.65. The normalized spacial score (nSPS) is 13.2. The summed E-state index contributed by atoms with van der Waals surface area (Å²) in [7, 11) is 0. The van der Waals surface area contributed by atoms with Crippen LogP contribution in [0, 0.1) is 0 Å². The summed E-state index contributed by atoms with van der Waals surface area (Å²) in [6.07, 6.45) is 7.25. The fourth-order valence-corrected chi connectivity index (χ4v) is 6.16. The standard InChI is InChI=1S/C20H21N3O.C17H15NO.C7H10O/c24-20-17(15-22-12-10-21-11-13-22)14-16-6-4-5-9-19(16)23(20)18-7-2-1-3-8-18;1-2-13-12-14-8-6-7-11-16(14)18(17(13)19)15-9-4-3-5-10-15;1-3-5-7(8)6-4-2/h1-9,14,21H,10-13,15H2;3-12H,2H2,1H3;3-6H,1-2H3/b;;5-3-,6-4-. The van der Waals surface area contributed by atoms with E-state index in [0.717, 1.165) is 76.9 Å². The first kappa shape index (κ1) is 36.6. The van der Waals surface area contributed by atoms with E-state index in [9.17, 15) is 14.4 Å². The molecule has 6 aromatic rings. The van der Waals surface area contributed by atoms with Crippen molar-refractivity contribution < 1.29 is 4.79 Å². The van der Waals surface area contributed by atoms with Crippen LogP contribution in [0.1, 0.15) is 31.9 Å². The first-order valence-electron chi connectivity index (χ1n) is 17.6. The number of piperazine rings is 1. The molecule has 1 aliphatic rings. The molecule has 0 unspecified atom stereocenters. The predicted molar refractivity (Wildman–Crippen MR) is 211 cm³/mol. The highest BCUT2D eigenvalue weighted by Gasteiger charge is 2.16. The molecule has 4 aromatic carbocycles. The van der Waals surface area contributed by atoms with Crippen molar-refractivity contribution in [1.82, 2.24) is 19.4 Å². The van der Waals surface area contributed by atoms with Crippen LogP contribution in [0.5, 0.6) is 0 Å². The number of allylic oxidation sites excluding steroid dienone is 4. The number of para-hydroxylation sites is 4. The molecule has 1 aliphatic heterocycles. The number of aryl methyl sites for hydroxylation is 1. The third-order valence-electron chi connectivity index (χ3n) is 8.65. The van der Waals surface area contributed by atoms with Gasteiger partial charge in [0.15, 0.2) is 5.78 Å². The van der Waals surface area contributed by atoms with Gasteiger partial charge in [-0.3, -0.25) is 28.4 Å². The van der Waals surface area contributed by atoms with Crippen LogP contribution < -0.4 is 16.4 Å². The van der Waals surface area contributed by atoms with Crippen LogP contribution >= 0.6 is 0 Å². The number of nitrogens with zero attached hydrogens (tertiary/aromatic N) is 3. The summed E-state index contributed by atoms with van der Waals surface area (Å²) in [6.45, 7) is 10.3. The second-order valence-corrected chi connectivity index (χ2v) is 12.2. The van der Waals surface area contributed by atoms with Crippen molar-refractivity contribution in [2.75, 3.05) is 26.2 Å². The molecule has 0 bridgehead atoms. The van der Waals surface area contributed by atoms with Crippen LogP contribution in [-0.2, 0) is 17.8 Å². The van der Waals surface area contributed by atoms with Crippen molar-refractivity contribution in [2.24, 2.45) is 0 Å². The Morgan fingerprint density at radius 3 is 1.53 bits per heavy atom. The lowest BCUT2D eigenvalue weighted by molar-refractivity contribution is -0.110. The van der Waals surface area contributed by atoms with E-state index in [1.54, 1.807) is 16.7 Å². The lowest BCUT2D eigenvalue weighted by Gasteiger charge is -2.27. The van der Waals surface area contributed by atoms with Crippen molar-refractivity contribution in [2.45, 2.75) is 33.7 Å². The quantitative estimate of drug-likeness (QED) is 0.176. The fraction of sp³-hybridized carbons (Fsp3) is 0.205. The van der Waals surface area contributed by atoms with Gasteiger partial charge in [-0.1, -0.05) is 91.9 Å². The zero-order valence-corrected chi connectivity index (χ0v) is 29.7. The lowest BCUT2D eigenvalue weighted by Crippen LogP contribution is -2.43. The Balaban J connectivity index is 0.000000167. The molecule has 1 saturated heterocycles. The van der Waals surface area contributed by atoms with Crippen LogP contribution in [0.25, 0.3) is 33.2 Å². The number of hydrogen-bond donors (Lipinski definition) is 1. The Bertz CT molecular complexity index is 2220. The smallest absolute Gasteiger partial charge is 0.260 e. The van der Waals surface area contributed by atoms with Gasteiger partial charge in [-0.05, 0) is 91.7 Å². The van der Waals surface area contributed by atoms with Crippen LogP contribution in [0.4, 0.5) is 0 Å². The summed E-state index contributed by atoms with van der Waals surface area (Å²) in [6, 6.07) is 39.8. The van der Waals surface area contributed by atoms with E-state index in [4.69, 9.17) is 0 Å². The molecule has 0 spiro atoms. The molecule has 260 valence electrons. The number of carbonyl (C=O) groups is 1. The maximum Gasteiger partial charge on any atom is 0.260 e. The first-order valence-corrected chi connectivity index (χ1v) is 17.6. The Morgan fingerprint density at radius 1 is 0.627 bits per heavy atom. The van der Waals surface area contributed by atoms with Gasteiger partial charge in [-0.25, -0.2) is 0 Å². The number of fused-ring (bicyclic) bond motifs is 2. The predicted octanol–water partition coefficient (Wildman–Crippen LogP) is 7.66. The minimum Gasteiger partial charge on any atom is -0.314 e. The molecular weight excluding hydrogens is 633 g/mol. The molecule has 7 nitrogen and oxygen atoms in total. The van der Waals surface area contributed by atoms with Gasteiger partial charge in [0.2, 0.25) is 0 Å². The molecule has 51 heavy (non-hydrogen) atoms. The largest absolute Gasteiger partial charge is 0.314 e. The fourth-order valence-electron chi connectivity index (χ4n) is 6.16. The first-order chi connectivity index (χ1) is 24.9. The molecule has 0 saturated carbocycles. The molecule has 7 rings (SSSR count). The Morgan fingerprint density at radius 2 is 1.06 bits per heavy atom.